The van der Waals surface area contributed by atoms with Gasteiger partial charge in [-0.25, -0.2) is 13.4 Å². The van der Waals surface area contributed by atoms with Crippen molar-refractivity contribution in [2.75, 3.05) is 5.75 Å². The number of hydrogen-bond donors (Lipinski definition) is 1. The number of rotatable bonds is 6. The minimum Gasteiger partial charge on any atom is -0.393 e. The predicted octanol–water partition coefficient (Wildman–Crippen LogP) is 1.69. The van der Waals surface area contributed by atoms with E-state index in [0.29, 0.717) is 23.8 Å². The average molecular weight is 325 g/mol. The Morgan fingerprint density at radius 3 is 2.67 bits per heavy atom. The molecule has 7 heteroatoms. The lowest BCUT2D eigenvalue weighted by atomic mass is 10.3. The Hall–Kier alpha value is -1.47. The van der Waals surface area contributed by atoms with Crippen LogP contribution >= 0.6 is 12.2 Å². The molecule has 21 heavy (non-hydrogen) atoms. The van der Waals surface area contributed by atoms with Crippen LogP contribution in [-0.2, 0) is 22.8 Å². The first kappa shape index (κ1) is 15.9. The van der Waals surface area contributed by atoms with Crippen molar-refractivity contribution in [2.45, 2.75) is 32.1 Å². The molecule has 0 saturated heterocycles. The molecular formula is C14H19N3O2S2. The fraction of sp³-hybridized carbons (Fsp3) is 0.429. The van der Waals surface area contributed by atoms with Gasteiger partial charge >= 0.3 is 0 Å². The Bertz CT molecular complexity index is 764. The summed E-state index contributed by atoms with van der Waals surface area (Å²) in [5.74, 6) is 0.790. The zero-order chi connectivity index (χ0) is 15.6. The molecule has 114 valence electrons. The summed E-state index contributed by atoms with van der Waals surface area (Å²) >= 11 is 4.95. The van der Waals surface area contributed by atoms with Gasteiger partial charge in [-0.15, -0.1) is 0 Å². The fourth-order valence-electron chi connectivity index (χ4n) is 2.12. The number of benzene rings is 1. The van der Waals surface area contributed by atoms with Gasteiger partial charge in [-0.1, -0.05) is 24.4 Å². The maximum Gasteiger partial charge on any atom is 0.154 e. The van der Waals surface area contributed by atoms with Gasteiger partial charge in [0.05, 0.1) is 33.4 Å². The molecule has 0 unspecified atom stereocenters. The Kier molecular flexibility index (Phi) is 4.63. The molecule has 1 aromatic carbocycles. The number of nitrogens with two attached hydrogens (primary N) is 1. The largest absolute Gasteiger partial charge is 0.393 e. The van der Waals surface area contributed by atoms with E-state index in [1.165, 1.54) is 0 Å². The highest BCUT2D eigenvalue weighted by atomic mass is 32.2. The van der Waals surface area contributed by atoms with Crippen molar-refractivity contribution >= 4 is 38.1 Å². The molecule has 0 fully saturated rings. The van der Waals surface area contributed by atoms with Crippen LogP contribution < -0.4 is 5.73 Å². The van der Waals surface area contributed by atoms with Crippen LogP contribution in [0.1, 0.15) is 19.7 Å². The third kappa shape index (κ3) is 3.59. The van der Waals surface area contributed by atoms with E-state index in [1.807, 2.05) is 28.8 Å². The molecule has 0 atom stereocenters. The maximum absolute atomic E-state index is 12.0. The molecule has 0 aliphatic carbocycles. The molecule has 0 aliphatic rings. The summed E-state index contributed by atoms with van der Waals surface area (Å²) in [6.07, 6.45) is 0.367. The highest BCUT2D eigenvalue weighted by Crippen LogP contribution is 2.17. The molecule has 0 bridgehead atoms. The third-order valence-electron chi connectivity index (χ3n) is 3.38. The van der Waals surface area contributed by atoms with Gasteiger partial charge in [0.2, 0.25) is 0 Å². The minimum atomic E-state index is -3.10. The fourth-order valence-corrected chi connectivity index (χ4v) is 3.16. The predicted molar refractivity (Wildman–Crippen MR) is 89.1 cm³/mol. The van der Waals surface area contributed by atoms with E-state index in [0.717, 1.165) is 11.0 Å². The van der Waals surface area contributed by atoms with Crippen LogP contribution in [-0.4, -0.2) is 34.0 Å². The van der Waals surface area contributed by atoms with Crippen LogP contribution in [0.2, 0.25) is 0 Å². The Labute approximate surface area is 130 Å². The smallest absolute Gasteiger partial charge is 0.154 e. The molecular weight excluding hydrogens is 306 g/mol. The van der Waals surface area contributed by atoms with Crippen molar-refractivity contribution in [3.63, 3.8) is 0 Å². The molecule has 2 aromatic rings. The van der Waals surface area contributed by atoms with Crippen LogP contribution in [0.25, 0.3) is 11.0 Å². The van der Waals surface area contributed by atoms with Gasteiger partial charge in [0.15, 0.2) is 9.84 Å². The molecule has 2 N–H and O–H groups in total. The zero-order valence-electron chi connectivity index (χ0n) is 12.1. The number of thiocarbonyl (C=S) groups is 1. The Morgan fingerprint density at radius 1 is 1.38 bits per heavy atom. The number of nitrogens with zero attached hydrogens (tertiary/aromatic N) is 2. The van der Waals surface area contributed by atoms with E-state index in [4.69, 9.17) is 18.0 Å². The summed E-state index contributed by atoms with van der Waals surface area (Å²) in [7, 11) is -3.10. The number of hydrogen-bond acceptors (Lipinski definition) is 4. The number of aryl methyl sites for hydroxylation is 1. The topological polar surface area (TPSA) is 78.0 Å². The van der Waals surface area contributed by atoms with Crippen LogP contribution in [0.15, 0.2) is 24.3 Å². The van der Waals surface area contributed by atoms with Crippen LogP contribution in [0.3, 0.4) is 0 Å². The molecule has 1 aromatic heterocycles. The summed E-state index contributed by atoms with van der Waals surface area (Å²) in [4.78, 5) is 4.84. The average Bonchev–Trinajstić information content (AvgIpc) is 2.72. The summed E-state index contributed by atoms with van der Waals surface area (Å²) in [6, 6.07) is 7.62. The second kappa shape index (κ2) is 6.11. The monoisotopic (exact) mass is 325 g/mol. The molecule has 0 spiro atoms. The third-order valence-corrected chi connectivity index (χ3v) is 5.72. The molecule has 0 amide bonds. The number of para-hydroxylation sites is 2. The van der Waals surface area contributed by atoms with Gasteiger partial charge < -0.3 is 10.3 Å². The minimum absolute atomic E-state index is 0.0787. The number of sulfone groups is 1. The number of aromatic nitrogens is 2. The second-order valence-corrected chi connectivity index (χ2v) is 8.43. The first-order valence-corrected chi connectivity index (χ1v) is 8.87. The zero-order valence-corrected chi connectivity index (χ0v) is 13.7. The van der Waals surface area contributed by atoms with Gasteiger partial charge in [0, 0.05) is 6.54 Å². The van der Waals surface area contributed by atoms with Gasteiger partial charge in [-0.3, -0.25) is 0 Å². The summed E-state index contributed by atoms with van der Waals surface area (Å²) < 4.78 is 25.9. The van der Waals surface area contributed by atoms with Gasteiger partial charge in [-0.2, -0.15) is 0 Å². The standard InChI is InChI=1S/C14H19N3O2S2/c1-10(2)21(18,19)8-7-17-12-6-4-3-5-11(12)16-14(17)9-13(15)20/h3-6,10H,7-9H2,1-2H3,(H2,15,20). The van der Waals surface area contributed by atoms with E-state index in [2.05, 4.69) is 4.98 Å². The van der Waals surface area contributed by atoms with Crippen LogP contribution in [0, 0.1) is 0 Å². The van der Waals surface area contributed by atoms with Crippen molar-refractivity contribution in [1.29, 1.82) is 0 Å². The maximum atomic E-state index is 12.0. The first-order valence-electron chi connectivity index (χ1n) is 6.75. The summed E-state index contributed by atoms with van der Waals surface area (Å²) in [5, 5.41) is -0.383. The number of fused-ring (bicyclic) bond motifs is 1. The van der Waals surface area contributed by atoms with Crippen molar-refractivity contribution in [1.82, 2.24) is 9.55 Å². The number of imidazole rings is 1. The molecule has 0 radical (unpaired) electrons. The second-order valence-electron chi connectivity index (χ2n) is 5.23. The van der Waals surface area contributed by atoms with E-state index in [9.17, 15) is 8.42 Å². The SMILES string of the molecule is CC(C)S(=O)(=O)CCn1c(CC(N)=S)nc2ccccc21. The lowest BCUT2D eigenvalue weighted by molar-refractivity contribution is 0.580. The van der Waals surface area contributed by atoms with Gasteiger partial charge in [0.1, 0.15) is 5.82 Å². The van der Waals surface area contributed by atoms with Crippen molar-refractivity contribution in [3.05, 3.63) is 30.1 Å². The lowest BCUT2D eigenvalue weighted by Gasteiger charge is -2.11. The van der Waals surface area contributed by atoms with E-state index >= 15 is 0 Å². The highest BCUT2D eigenvalue weighted by Gasteiger charge is 2.18. The van der Waals surface area contributed by atoms with E-state index in [1.54, 1.807) is 13.8 Å². The van der Waals surface area contributed by atoms with Crippen molar-refractivity contribution < 1.29 is 8.42 Å². The lowest BCUT2D eigenvalue weighted by Crippen LogP contribution is -2.23. The van der Waals surface area contributed by atoms with Crippen molar-refractivity contribution in [2.24, 2.45) is 5.73 Å². The van der Waals surface area contributed by atoms with Crippen molar-refractivity contribution in [3.8, 4) is 0 Å². The Balaban J connectivity index is 2.38. The molecule has 0 aliphatic heterocycles. The van der Waals surface area contributed by atoms with Gasteiger partial charge in [-0.05, 0) is 26.0 Å². The normalized spacial score (nSPS) is 12.1. The highest BCUT2D eigenvalue weighted by molar-refractivity contribution is 7.91. The quantitative estimate of drug-likeness (QED) is 0.818. The van der Waals surface area contributed by atoms with E-state index < -0.39 is 9.84 Å². The van der Waals surface area contributed by atoms with Gasteiger partial charge in [0.25, 0.3) is 0 Å². The summed E-state index contributed by atoms with van der Waals surface area (Å²) in [5.41, 5.74) is 7.34. The molecule has 1 heterocycles. The summed E-state index contributed by atoms with van der Waals surface area (Å²) in [6.45, 7) is 3.74. The first-order chi connectivity index (χ1) is 9.81. The van der Waals surface area contributed by atoms with E-state index in [-0.39, 0.29) is 11.0 Å². The molecule has 2 rings (SSSR count). The molecule has 0 saturated carbocycles. The Morgan fingerprint density at radius 2 is 2.05 bits per heavy atom. The molecule has 5 nitrogen and oxygen atoms in total. The van der Waals surface area contributed by atoms with Crippen LogP contribution in [0.4, 0.5) is 0 Å². The van der Waals surface area contributed by atoms with Crippen LogP contribution in [0.5, 0.6) is 0 Å².